The summed E-state index contributed by atoms with van der Waals surface area (Å²) in [6.07, 6.45) is 2.80. The Morgan fingerprint density at radius 3 is 2.50 bits per heavy atom. The number of nitrogens with two attached hydrogens (primary N) is 1. The van der Waals surface area contributed by atoms with E-state index in [2.05, 4.69) is 10.6 Å². The van der Waals surface area contributed by atoms with Crippen LogP contribution in [-0.4, -0.2) is 25.1 Å². The molecule has 159 valence electrons. The average Bonchev–Trinajstić information content (AvgIpc) is 3.40. The van der Waals surface area contributed by atoms with Crippen molar-refractivity contribution in [3.63, 3.8) is 0 Å². The Bertz CT molecular complexity index is 1580. The summed E-state index contributed by atoms with van der Waals surface area (Å²) in [5, 5.41) is 1.53. The van der Waals surface area contributed by atoms with E-state index in [9.17, 15) is 13.2 Å². The number of aromatic nitrogens is 1. The molecule has 0 aliphatic heterocycles. The molecule has 7 heteroatoms. The SMILES string of the molecule is CS(=O)(=O)c1ccc(Cn2c3cc(-c4ccco4)c[c]c3c3c(C(N)=O)cccc32)cc1. The van der Waals surface area contributed by atoms with E-state index in [0.717, 1.165) is 32.9 Å². The van der Waals surface area contributed by atoms with Gasteiger partial charge in [-0.3, -0.25) is 4.79 Å². The number of benzene rings is 3. The van der Waals surface area contributed by atoms with Gasteiger partial charge in [0.25, 0.3) is 0 Å². The second-order valence-electron chi connectivity index (χ2n) is 7.69. The first-order chi connectivity index (χ1) is 15.3. The molecule has 6 nitrogen and oxygen atoms in total. The maximum absolute atomic E-state index is 12.1. The van der Waals surface area contributed by atoms with Gasteiger partial charge in [0.2, 0.25) is 5.91 Å². The lowest BCUT2D eigenvalue weighted by molar-refractivity contribution is 0.100. The summed E-state index contributed by atoms with van der Waals surface area (Å²) >= 11 is 0. The third-order valence-electron chi connectivity index (χ3n) is 5.56. The highest BCUT2D eigenvalue weighted by Gasteiger charge is 2.18. The molecule has 1 radical (unpaired) electrons. The van der Waals surface area contributed by atoms with Crippen LogP contribution in [0, 0.1) is 6.07 Å². The molecule has 2 aromatic heterocycles. The van der Waals surface area contributed by atoms with Crippen LogP contribution in [0.15, 0.2) is 82.3 Å². The zero-order valence-corrected chi connectivity index (χ0v) is 18.0. The molecule has 0 bridgehead atoms. The van der Waals surface area contributed by atoms with Crippen molar-refractivity contribution in [2.24, 2.45) is 5.73 Å². The number of fused-ring (bicyclic) bond motifs is 3. The molecule has 32 heavy (non-hydrogen) atoms. The van der Waals surface area contributed by atoms with Gasteiger partial charge in [-0.05, 0) is 60.2 Å². The Kier molecular flexibility index (Phi) is 4.64. The summed E-state index contributed by atoms with van der Waals surface area (Å²) in [7, 11) is -3.27. The van der Waals surface area contributed by atoms with E-state index in [1.54, 1.807) is 42.7 Å². The minimum absolute atomic E-state index is 0.271. The summed E-state index contributed by atoms with van der Waals surface area (Å²) in [6, 6.07) is 23.1. The number of nitrogens with zero attached hydrogens (tertiary/aromatic N) is 1. The smallest absolute Gasteiger partial charge is 0.249 e. The summed E-state index contributed by atoms with van der Waals surface area (Å²) in [5.74, 6) is 0.211. The van der Waals surface area contributed by atoms with Crippen LogP contribution in [0.3, 0.4) is 0 Å². The van der Waals surface area contributed by atoms with E-state index in [1.165, 1.54) is 6.26 Å². The topological polar surface area (TPSA) is 95.3 Å². The maximum atomic E-state index is 12.1. The highest BCUT2D eigenvalue weighted by molar-refractivity contribution is 7.90. The molecule has 1 amide bonds. The first-order valence-corrected chi connectivity index (χ1v) is 11.8. The zero-order chi connectivity index (χ0) is 22.5. The van der Waals surface area contributed by atoms with Crippen LogP contribution in [0.2, 0.25) is 0 Å². The predicted molar refractivity (Wildman–Crippen MR) is 123 cm³/mol. The van der Waals surface area contributed by atoms with E-state index in [-0.39, 0.29) is 4.90 Å². The second-order valence-corrected chi connectivity index (χ2v) is 9.71. The molecule has 5 aromatic rings. The van der Waals surface area contributed by atoms with E-state index in [1.807, 2.05) is 30.3 Å². The highest BCUT2D eigenvalue weighted by atomic mass is 32.2. The summed E-state index contributed by atoms with van der Waals surface area (Å²) in [6.45, 7) is 0.474. The predicted octanol–water partition coefficient (Wildman–Crippen LogP) is 4.41. The normalized spacial score (nSPS) is 11.9. The van der Waals surface area contributed by atoms with Crippen molar-refractivity contribution in [1.82, 2.24) is 4.57 Å². The van der Waals surface area contributed by atoms with Crippen molar-refractivity contribution in [3.8, 4) is 11.3 Å². The fourth-order valence-corrected chi connectivity index (χ4v) is 4.67. The molecular weight excluding hydrogens is 424 g/mol. The lowest BCUT2D eigenvalue weighted by Gasteiger charge is -2.09. The van der Waals surface area contributed by atoms with Crippen molar-refractivity contribution in [2.45, 2.75) is 11.4 Å². The maximum Gasteiger partial charge on any atom is 0.249 e. The lowest BCUT2D eigenvalue weighted by atomic mass is 10.0. The standard InChI is InChI=1S/C25H19N2O4S/c1-32(29,30)18-10-7-16(8-11-18)15-27-21-5-2-4-20(25(26)28)24(21)19-12-9-17(14-22(19)27)23-6-3-13-31-23/h2-11,13-14H,15H2,1H3,(H2,26,28). The van der Waals surface area contributed by atoms with Crippen LogP contribution in [0.1, 0.15) is 15.9 Å². The number of furan rings is 1. The fraction of sp³-hybridized carbons (Fsp3) is 0.0800. The Morgan fingerprint density at radius 2 is 1.84 bits per heavy atom. The zero-order valence-electron chi connectivity index (χ0n) is 17.2. The summed E-state index contributed by atoms with van der Waals surface area (Å²) in [4.78, 5) is 12.4. The number of amides is 1. The molecule has 0 aliphatic rings. The monoisotopic (exact) mass is 443 g/mol. The van der Waals surface area contributed by atoms with Crippen LogP contribution >= 0.6 is 0 Å². The minimum atomic E-state index is -3.27. The van der Waals surface area contributed by atoms with Crippen molar-refractivity contribution in [1.29, 1.82) is 0 Å². The van der Waals surface area contributed by atoms with Gasteiger partial charge in [-0.15, -0.1) is 0 Å². The number of carbonyl (C=O) groups is 1. The Hall–Kier alpha value is -3.84. The molecule has 0 aliphatic carbocycles. The van der Waals surface area contributed by atoms with Gasteiger partial charge in [-0.1, -0.05) is 18.2 Å². The molecule has 0 spiro atoms. The van der Waals surface area contributed by atoms with Gasteiger partial charge in [0.1, 0.15) is 5.76 Å². The molecular formula is C25H19N2O4S. The van der Waals surface area contributed by atoms with Crippen molar-refractivity contribution in [3.05, 3.63) is 90.2 Å². The summed E-state index contributed by atoms with van der Waals surface area (Å²) in [5.41, 5.74) is 9.59. The van der Waals surface area contributed by atoms with Gasteiger partial charge in [-0.2, -0.15) is 0 Å². The molecule has 0 saturated carbocycles. The van der Waals surface area contributed by atoms with E-state index >= 15 is 0 Å². The van der Waals surface area contributed by atoms with Gasteiger partial charge in [0.15, 0.2) is 9.84 Å². The molecule has 2 heterocycles. The average molecular weight is 444 g/mol. The van der Waals surface area contributed by atoms with Crippen molar-refractivity contribution in [2.75, 3.05) is 6.26 Å². The first kappa shape index (κ1) is 20.1. The van der Waals surface area contributed by atoms with E-state index in [0.29, 0.717) is 17.9 Å². The summed E-state index contributed by atoms with van der Waals surface area (Å²) < 4.78 is 31.2. The van der Waals surface area contributed by atoms with Gasteiger partial charge < -0.3 is 14.7 Å². The largest absolute Gasteiger partial charge is 0.464 e. The van der Waals surface area contributed by atoms with Crippen molar-refractivity contribution >= 4 is 37.6 Å². The Labute approximate surface area is 184 Å². The van der Waals surface area contributed by atoms with Crippen molar-refractivity contribution < 1.29 is 17.6 Å². The molecule has 0 fully saturated rings. The second kappa shape index (κ2) is 7.39. The highest BCUT2D eigenvalue weighted by Crippen LogP contribution is 2.34. The fourth-order valence-electron chi connectivity index (χ4n) is 4.04. The van der Waals surface area contributed by atoms with Crippen LogP contribution < -0.4 is 5.73 Å². The molecule has 5 rings (SSSR count). The Balaban J connectivity index is 1.74. The number of carbonyl (C=O) groups excluding carboxylic acids is 1. The quantitative estimate of drug-likeness (QED) is 0.435. The number of primary amides is 1. The first-order valence-electron chi connectivity index (χ1n) is 9.92. The van der Waals surface area contributed by atoms with Crippen LogP contribution in [0.4, 0.5) is 0 Å². The van der Waals surface area contributed by atoms with E-state index in [4.69, 9.17) is 10.2 Å². The lowest BCUT2D eigenvalue weighted by Crippen LogP contribution is -2.11. The van der Waals surface area contributed by atoms with E-state index < -0.39 is 15.7 Å². The number of hydrogen-bond donors (Lipinski definition) is 1. The number of sulfone groups is 1. The third-order valence-corrected chi connectivity index (χ3v) is 6.69. The van der Waals surface area contributed by atoms with Crippen LogP contribution in [0.25, 0.3) is 33.1 Å². The number of rotatable bonds is 5. The van der Waals surface area contributed by atoms with Gasteiger partial charge >= 0.3 is 0 Å². The molecule has 3 aromatic carbocycles. The van der Waals surface area contributed by atoms with Gasteiger partial charge in [0, 0.05) is 34.7 Å². The number of hydrogen-bond acceptors (Lipinski definition) is 4. The minimum Gasteiger partial charge on any atom is -0.464 e. The van der Waals surface area contributed by atoms with Crippen LogP contribution in [-0.2, 0) is 16.4 Å². The van der Waals surface area contributed by atoms with Gasteiger partial charge in [-0.25, -0.2) is 8.42 Å². The molecule has 0 saturated heterocycles. The molecule has 2 N–H and O–H groups in total. The van der Waals surface area contributed by atoms with Crippen LogP contribution in [0.5, 0.6) is 0 Å². The third kappa shape index (κ3) is 3.36. The molecule has 0 unspecified atom stereocenters. The molecule has 0 atom stereocenters. The Morgan fingerprint density at radius 1 is 1.06 bits per heavy atom. The van der Waals surface area contributed by atoms with Gasteiger partial charge in [0.05, 0.1) is 22.2 Å².